The zero-order chi connectivity index (χ0) is 19.8. The van der Waals surface area contributed by atoms with Crippen LogP contribution in [-0.2, 0) is 11.3 Å². The van der Waals surface area contributed by atoms with E-state index in [1.807, 2.05) is 49.4 Å². The summed E-state index contributed by atoms with van der Waals surface area (Å²) in [6, 6.07) is 13.4. The average Bonchev–Trinajstić information content (AvgIpc) is 2.91. The highest BCUT2D eigenvalue weighted by Gasteiger charge is 2.11. The lowest BCUT2D eigenvalue weighted by Crippen LogP contribution is -2.30. The molecule has 1 amide bonds. The number of nitrogens with one attached hydrogen (secondary N) is 3. The highest BCUT2D eigenvalue weighted by atomic mass is 16.5. The molecule has 7 heteroatoms. The fourth-order valence-electron chi connectivity index (χ4n) is 2.81. The largest absolute Gasteiger partial charge is 0.490 e. The fraction of sp³-hybridized carbons (Fsp3) is 0.333. The summed E-state index contributed by atoms with van der Waals surface area (Å²) >= 11 is 0. The lowest BCUT2D eigenvalue weighted by molar-refractivity contribution is -0.114. The molecule has 0 saturated heterocycles. The molecule has 2 aromatic rings. The lowest BCUT2D eigenvalue weighted by Gasteiger charge is -2.14. The van der Waals surface area contributed by atoms with Gasteiger partial charge in [0.2, 0.25) is 5.91 Å². The molecule has 1 heterocycles. The molecule has 0 saturated carbocycles. The number of fused-ring (bicyclic) bond motifs is 1. The second-order valence-electron chi connectivity index (χ2n) is 6.41. The fourth-order valence-corrected chi connectivity index (χ4v) is 2.81. The van der Waals surface area contributed by atoms with Crippen LogP contribution in [0.15, 0.2) is 47.5 Å². The van der Waals surface area contributed by atoms with Gasteiger partial charge in [-0.1, -0.05) is 12.1 Å². The number of carbonyl (C=O) groups excluding carboxylic acids is 1. The number of anilines is 2. The van der Waals surface area contributed by atoms with Gasteiger partial charge in [-0.25, -0.2) is 4.99 Å². The molecule has 3 rings (SSSR count). The van der Waals surface area contributed by atoms with Crippen molar-refractivity contribution in [1.29, 1.82) is 0 Å². The molecule has 0 fully saturated rings. The first-order chi connectivity index (χ1) is 13.6. The molecule has 0 aliphatic carbocycles. The molecule has 3 N–H and O–H groups in total. The van der Waals surface area contributed by atoms with Gasteiger partial charge in [-0.3, -0.25) is 4.79 Å². The Morgan fingerprint density at radius 1 is 1.04 bits per heavy atom. The van der Waals surface area contributed by atoms with Crippen LogP contribution in [-0.4, -0.2) is 31.6 Å². The summed E-state index contributed by atoms with van der Waals surface area (Å²) in [6.45, 7) is 6.04. The van der Waals surface area contributed by atoms with E-state index in [9.17, 15) is 4.79 Å². The van der Waals surface area contributed by atoms with Crippen molar-refractivity contribution in [3.8, 4) is 11.5 Å². The van der Waals surface area contributed by atoms with E-state index in [1.54, 1.807) is 0 Å². The van der Waals surface area contributed by atoms with Gasteiger partial charge in [0.15, 0.2) is 17.5 Å². The molecular formula is C21H26N4O3. The normalized spacial score (nSPS) is 13.4. The summed E-state index contributed by atoms with van der Waals surface area (Å²) in [5.41, 5.74) is 2.64. The van der Waals surface area contributed by atoms with Crippen molar-refractivity contribution >= 4 is 23.2 Å². The Kier molecular flexibility index (Phi) is 6.73. The van der Waals surface area contributed by atoms with Crippen LogP contribution >= 0.6 is 0 Å². The van der Waals surface area contributed by atoms with Crippen molar-refractivity contribution in [2.45, 2.75) is 26.8 Å². The highest BCUT2D eigenvalue weighted by Crippen LogP contribution is 2.32. The van der Waals surface area contributed by atoms with Crippen LogP contribution in [0.4, 0.5) is 11.4 Å². The van der Waals surface area contributed by atoms with Crippen molar-refractivity contribution in [3.05, 3.63) is 48.0 Å². The van der Waals surface area contributed by atoms with Crippen molar-refractivity contribution in [3.63, 3.8) is 0 Å². The Hall–Kier alpha value is -3.22. The number of hydrogen-bond acceptors (Lipinski definition) is 4. The molecule has 1 aliphatic rings. The van der Waals surface area contributed by atoms with Crippen molar-refractivity contribution < 1.29 is 14.3 Å². The number of hydrogen-bond donors (Lipinski definition) is 3. The number of aliphatic imine (C=N–C) groups is 1. The summed E-state index contributed by atoms with van der Waals surface area (Å²) in [5.74, 6) is 2.08. The summed E-state index contributed by atoms with van der Waals surface area (Å²) in [4.78, 5) is 15.9. The van der Waals surface area contributed by atoms with E-state index in [4.69, 9.17) is 9.47 Å². The quantitative estimate of drug-likeness (QED) is 0.545. The van der Waals surface area contributed by atoms with Crippen molar-refractivity contribution in [2.75, 3.05) is 30.4 Å². The summed E-state index contributed by atoms with van der Waals surface area (Å²) in [7, 11) is 0. The first kappa shape index (κ1) is 19.5. The van der Waals surface area contributed by atoms with Crippen LogP contribution in [0.25, 0.3) is 0 Å². The third kappa shape index (κ3) is 5.64. The second-order valence-corrected chi connectivity index (χ2v) is 6.41. The number of rotatable bonds is 5. The number of guanidine groups is 1. The molecule has 0 bridgehead atoms. The highest BCUT2D eigenvalue weighted by molar-refractivity contribution is 5.94. The molecule has 2 aromatic carbocycles. The first-order valence-electron chi connectivity index (χ1n) is 9.45. The van der Waals surface area contributed by atoms with Crippen LogP contribution in [0.3, 0.4) is 0 Å². The zero-order valence-electron chi connectivity index (χ0n) is 16.2. The Balaban J connectivity index is 1.71. The van der Waals surface area contributed by atoms with E-state index in [-0.39, 0.29) is 5.91 Å². The average molecular weight is 382 g/mol. The third-order valence-corrected chi connectivity index (χ3v) is 4.02. The van der Waals surface area contributed by atoms with Crippen molar-refractivity contribution in [1.82, 2.24) is 5.32 Å². The molecule has 0 aromatic heterocycles. The van der Waals surface area contributed by atoms with Crippen LogP contribution in [0.5, 0.6) is 11.5 Å². The molecule has 7 nitrogen and oxygen atoms in total. The smallest absolute Gasteiger partial charge is 0.221 e. The predicted molar refractivity (Wildman–Crippen MR) is 111 cm³/mol. The Labute approximate surface area is 165 Å². The maximum Gasteiger partial charge on any atom is 0.221 e. The number of benzene rings is 2. The monoisotopic (exact) mass is 382 g/mol. The SMILES string of the molecule is CCNC(=NCc1cccc(NC(C)=O)c1)Nc1ccc2c(c1)OCCCO2. The molecular weight excluding hydrogens is 356 g/mol. The van der Waals surface area contributed by atoms with Gasteiger partial charge in [-0.05, 0) is 36.8 Å². The zero-order valence-corrected chi connectivity index (χ0v) is 16.2. The van der Waals surface area contributed by atoms with E-state index in [1.165, 1.54) is 6.92 Å². The maximum atomic E-state index is 11.2. The minimum Gasteiger partial charge on any atom is -0.490 e. The van der Waals surface area contributed by atoms with Gasteiger partial charge in [0, 0.05) is 37.3 Å². The Morgan fingerprint density at radius 3 is 2.61 bits per heavy atom. The van der Waals surface area contributed by atoms with Gasteiger partial charge < -0.3 is 25.4 Å². The Bertz CT molecular complexity index is 851. The van der Waals surface area contributed by atoms with E-state index < -0.39 is 0 Å². The minimum atomic E-state index is -0.0925. The van der Waals surface area contributed by atoms with Gasteiger partial charge >= 0.3 is 0 Å². The number of nitrogens with zero attached hydrogens (tertiary/aromatic N) is 1. The van der Waals surface area contributed by atoms with E-state index in [0.29, 0.717) is 25.7 Å². The lowest BCUT2D eigenvalue weighted by atomic mass is 10.2. The van der Waals surface area contributed by atoms with Crippen molar-refractivity contribution in [2.24, 2.45) is 4.99 Å². The van der Waals surface area contributed by atoms with Gasteiger partial charge in [-0.2, -0.15) is 0 Å². The van der Waals surface area contributed by atoms with Crippen LogP contribution in [0, 0.1) is 0 Å². The predicted octanol–water partition coefficient (Wildman–Crippen LogP) is 3.38. The van der Waals surface area contributed by atoms with E-state index in [2.05, 4.69) is 20.9 Å². The maximum absolute atomic E-state index is 11.2. The van der Waals surface area contributed by atoms with Gasteiger partial charge in [-0.15, -0.1) is 0 Å². The molecule has 0 unspecified atom stereocenters. The van der Waals surface area contributed by atoms with Gasteiger partial charge in [0.1, 0.15) is 0 Å². The third-order valence-electron chi connectivity index (χ3n) is 4.02. The molecule has 1 aliphatic heterocycles. The number of carbonyl (C=O) groups is 1. The Morgan fingerprint density at radius 2 is 1.82 bits per heavy atom. The molecule has 0 atom stereocenters. The molecule has 0 spiro atoms. The second kappa shape index (κ2) is 9.64. The summed E-state index contributed by atoms with van der Waals surface area (Å²) in [6.07, 6.45) is 0.874. The van der Waals surface area contributed by atoms with E-state index in [0.717, 1.165) is 41.4 Å². The topological polar surface area (TPSA) is 84.0 Å². The van der Waals surface area contributed by atoms with Crippen LogP contribution in [0.2, 0.25) is 0 Å². The first-order valence-corrected chi connectivity index (χ1v) is 9.45. The van der Waals surface area contributed by atoms with Gasteiger partial charge in [0.05, 0.1) is 19.8 Å². The molecule has 0 radical (unpaired) electrons. The van der Waals surface area contributed by atoms with Gasteiger partial charge in [0.25, 0.3) is 0 Å². The summed E-state index contributed by atoms with van der Waals surface area (Å²) < 4.78 is 11.4. The van der Waals surface area contributed by atoms with Crippen LogP contribution < -0.4 is 25.4 Å². The standard InChI is InChI=1S/C21H26N4O3/c1-3-22-21(23-14-16-6-4-7-17(12-16)24-15(2)26)25-18-8-9-19-20(13-18)28-11-5-10-27-19/h4,6-9,12-13H,3,5,10-11,14H2,1-2H3,(H,24,26)(H2,22,23,25). The molecule has 28 heavy (non-hydrogen) atoms. The minimum absolute atomic E-state index is 0.0925. The number of amides is 1. The molecule has 148 valence electrons. The van der Waals surface area contributed by atoms with E-state index >= 15 is 0 Å². The van der Waals surface area contributed by atoms with Crippen LogP contribution in [0.1, 0.15) is 25.8 Å². The summed E-state index contributed by atoms with van der Waals surface area (Å²) in [5, 5.41) is 9.33. The number of ether oxygens (including phenoxy) is 2.